The molecule has 22 heavy (non-hydrogen) atoms. The van der Waals surface area contributed by atoms with Crippen molar-refractivity contribution in [3.8, 4) is 0 Å². The van der Waals surface area contributed by atoms with E-state index in [0.29, 0.717) is 6.26 Å². The van der Waals surface area contributed by atoms with Crippen molar-refractivity contribution in [3.05, 3.63) is 0 Å². The van der Waals surface area contributed by atoms with Crippen LogP contribution < -0.4 is 0 Å². The second kappa shape index (κ2) is 14.5. The molecule has 0 radical (unpaired) electrons. The Hall–Kier alpha value is -0.130. The number of quaternary nitrogens is 1. The Morgan fingerprint density at radius 1 is 0.727 bits per heavy atom. The Kier molecular flexibility index (Phi) is 15.9. The van der Waals surface area contributed by atoms with E-state index in [9.17, 15) is 0 Å². The van der Waals surface area contributed by atoms with Gasteiger partial charge in [-0.15, -0.1) is 0 Å². The van der Waals surface area contributed by atoms with Gasteiger partial charge in [-0.25, -0.2) is 8.42 Å². The van der Waals surface area contributed by atoms with Gasteiger partial charge in [0.15, 0.2) is 0 Å². The van der Waals surface area contributed by atoms with E-state index in [-0.39, 0.29) is 0 Å². The minimum Gasteiger partial charge on any atom is -0.748 e. The minimum atomic E-state index is -3.92. The monoisotopic (exact) mass is 337 g/mol. The van der Waals surface area contributed by atoms with Crippen molar-refractivity contribution in [2.24, 2.45) is 0 Å². The summed E-state index contributed by atoms with van der Waals surface area (Å²) in [5.41, 5.74) is 0. The van der Waals surface area contributed by atoms with Crippen LogP contribution in [0.25, 0.3) is 0 Å². The molecule has 0 rings (SSSR count). The van der Waals surface area contributed by atoms with Crippen molar-refractivity contribution < 1.29 is 17.5 Å². The highest BCUT2D eigenvalue weighted by molar-refractivity contribution is 7.84. The van der Waals surface area contributed by atoms with Gasteiger partial charge in [-0.3, -0.25) is 0 Å². The number of hydrogen-bond acceptors (Lipinski definition) is 3. The Labute approximate surface area is 139 Å². The number of nitrogens with zero attached hydrogens (tertiary/aromatic N) is 1. The third-order valence-electron chi connectivity index (χ3n) is 3.73. The molecule has 0 amide bonds. The predicted octanol–water partition coefficient (Wildman–Crippen LogP) is 4.17. The lowest BCUT2D eigenvalue weighted by Crippen LogP contribution is -2.41. The van der Waals surface area contributed by atoms with Crippen molar-refractivity contribution in [2.75, 3.05) is 33.4 Å². The lowest BCUT2D eigenvalue weighted by atomic mass is 10.1. The first-order chi connectivity index (χ1) is 10.1. The molecule has 0 spiro atoms. The van der Waals surface area contributed by atoms with Gasteiger partial charge in [-0.1, -0.05) is 52.4 Å². The number of rotatable bonds is 12. The van der Waals surface area contributed by atoms with Crippen molar-refractivity contribution in [1.29, 1.82) is 0 Å². The van der Waals surface area contributed by atoms with E-state index in [1.165, 1.54) is 81.8 Å². The van der Waals surface area contributed by atoms with Crippen molar-refractivity contribution in [1.82, 2.24) is 0 Å². The first-order valence-corrected chi connectivity index (χ1v) is 10.7. The maximum absolute atomic E-state index is 9.08. The van der Waals surface area contributed by atoms with Gasteiger partial charge >= 0.3 is 0 Å². The molecule has 0 aliphatic heterocycles. The summed E-state index contributed by atoms with van der Waals surface area (Å²) < 4.78 is 28.5. The molecule has 0 aliphatic rings. The molecule has 0 fully saturated rings. The highest BCUT2D eigenvalue weighted by Gasteiger charge is 2.13. The number of unbranched alkanes of at least 4 members (excludes halogenated alkanes) is 8. The summed E-state index contributed by atoms with van der Waals surface area (Å²) in [6.07, 6.45) is 14.7. The van der Waals surface area contributed by atoms with Gasteiger partial charge in [0.2, 0.25) is 0 Å². The van der Waals surface area contributed by atoms with Crippen LogP contribution in [-0.4, -0.2) is 50.9 Å². The second-order valence-corrected chi connectivity index (χ2v) is 8.32. The van der Waals surface area contributed by atoms with Crippen LogP contribution in [0.4, 0.5) is 0 Å². The average Bonchev–Trinajstić information content (AvgIpc) is 2.37. The topological polar surface area (TPSA) is 57.2 Å². The Morgan fingerprint density at radius 3 is 1.36 bits per heavy atom. The average molecular weight is 338 g/mol. The van der Waals surface area contributed by atoms with E-state index < -0.39 is 10.1 Å². The fourth-order valence-corrected chi connectivity index (χ4v) is 2.40. The maximum Gasteiger partial charge on any atom is 0.0916 e. The zero-order chi connectivity index (χ0) is 17.5. The Bertz CT molecular complexity index is 319. The van der Waals surface area contributed by atoms with Crippen molar-refractivity contribution in [3.63, 3.8) is 0 Å². The highest BCUT2D eigenvalue weighted by Crippen LogP contribution is 2.10. The van der Waals surface area contributed by atoms with E-state index in [0.717, 1.165) is 0 Å². The van der Waals surface area contributed by atoms with Crippen molar-refractivity contribution in [2.45, 2.75) is 78.1 Å². The SMILES string of the molecule is CCCCCCCC[N+](C)(C)CCCCCC.CS(=O)(=O)[O-]. The zero-order valence-corrected chi connectivity index (χ0v) is 16.4. The lowest BCUT2D eigenvalue weighted by molar-refractivity contribution is -0.890. The molecule has 0 aromatic heterocycles. The normalized spacial score (nSPS) is 11.9. The van der Waals surface area contributed by atoms with Crippen molar-refractivity contribution >= 4 is 10.1 Å². The van der Waals surface area contributed by atoms with E-state index in [2.05, 4.69) is 27.9 Å². The van der Waals surface area contributed by atoms with E-state index in [1.807, 2.05) is 0 Å². The Balaban J connectivity index is 0. The van der Waals surface area contributed by atoms with Crippen LogP contribution >= 0.6 is 0 Å². The molecule has 5 heteroatoms. The molecule has 0 atom stereocenters. The van der Waals surface area contributed by atoms with Crippen LogP contribution in [0.5, 0.6) is 0 Å². The molecule has 0 saturated heterocycles. The molecular formula is C17H39NO3S. The minimum absolute atomic E-state index is 0.604. The summed E-state index contributed by atoms with van der Waals surface area (Å²) in [6.45, 7) is 7.32. The summed E-state index contributed by atoms with van der Waals surface area (Å²) in [5.74, 6) is 0. The third-order valence-corrected chi connectivity index (χ3v) is 3.73. The molecule has 0 heterocycles. The fourth-order valence-electron chi connectivity index (χ4n) is 2.40. The largest absolute Gasteiger partial charge is 0.748 e. The molecule has 0 aliphatic carbocycles. The summed E-state index contributed by atoms with van der Waals surface area (Å²) >= 11 is 0. The van der Waals surface area contributed by atoms with Gasteiger partial charge in [0.05, 0.1) is 37.3 Å². The van der Waals surface area contributed by atoms with E-state index in [1.54, 1.807) is 0 Å². The molecule has 0 aromatic rings. The molecule has 0 saturated carbocycles. The van der Waals surface area contributed by atoms with Crippen LogP contribution in [0.3, 0.4) is 0 Å². The summed E-state index contributed by atoms with van der Waals surface area (Å²) in [6, 6.07) is 0. The van der Waals surface area contributed by atoms with Crippen LogP contribution in [0, 0.1) is 0 Å². The standard InChI is InChI=1S/C16H36N.CH4O3S/c1-5-7-9-11-12-14-16-17(3,4)15-13-10-8-6-2;1-5(2,3)4/h5-16H2,1-4H3;1H3,(H,2,3,4)/q+1;/p-1. The van der Waals surface area contributed by atoms with Gasteiger partial charge in [-0.05, 0) is 25.7 Å². The lowest BCUT2D eigenvalue weighted by Gasteiger charge is -2.30. The van der Waals surface area contributed by atoms with Gasteiger partial charge in [0.25, 0.3) is 0 Å². The van der Waals surface area contributed by atoms with E-state index >= 15 is 0 Å². The van der Waals surface area contributed by atoms with Gasteiger partial charge < -0.3 is 9.04 Å². The molecule has 0 bridgehead atoms. The first-order valence-electron chi connectivity index (χ1n) is 8.85. The van der Waals surface area contributed by atoms with Crippen LogP contribution in [0.15, 0.2) is 0 Å². The highest BCUT2D eigenvalue weighted by atomic mass is 32.2. The molecule has 0 N–H and O–H groups in total. The summed E-state index contributed by atoms with van der Waals surface area (Å²) in [5, 5.41) is 0. The molecule has 0 aromatic carbocycles. The summed E-state index contributed by atoms with van der Waals surface area (Å²) in [7, 11) is 0.885. The Morgan fingerprint density at radius 2 is 1.00 bits per heavy atom. The van der Waals surface area contributed by atoms with E-state index in [4.69, 9.17) is 13.0 Å². The van der Waals surface area contributed by atoms with Crippen LogP contribution in [0.1, 0.15) is 78.1 Å². The first kappa shape index (κ1) is 24.1. The number of hydrogen-bond donors (Lipinski definition) is 0. The smallest absolute Gasteiger partial charge is 0.0916 e. The second-order valence-electron chi connectivity index (χ2n) is 6.92. The van der Waals surface area contributed by atoms with Gasteiger partial charge in [-0.2, -0.15) is 0 Å². The molecular weight excluding hydrogens is 298 g/mol. The third kappa shape index (κ3) is 28.1. The molecule has 4 nitrogen and oxygen atoms in total. The zero-order valence-electron chi connectivity index (χ0n) is 15.6. The predicted molar refractivity (Wildman–Crippen MR) is 95.0 cm³/mol. The maximum atomic E-state index is 9.08. The summed E-state index contributed by atoms with van der Waals surface area (Å²) in [4.78, 5) is 0. The fraction of sp³-hybridized carbons (Fsp3) is 1.00. The molecule has 0 unspecified atom stereocenters. The van der Waals surface area contributed by atoms with Crippen LogP contribution in [-0.2, 0) is 10.1 Å². The molecule has 136 valence electrons. The quantitative estimate of drug-likeness (QED) is 0.305. The van der Waals surface area contributed by atoms with Crippen LogP contribution in [0.2, 0.25) is 0 Å². The van der Waals surface area contributed by atoms with Gasteiger partial charge in [0.1, 0.15) is 0 Å². The van der Waals surface area contributed by atoms with Gasteiger partial charge in [0, 0.05) is 6.26 Å².